The summed E-state index contributed by atoms with van der Waals surface area (Å²) in [6.45, 7) is 5.24. The number of carbonyl (C=O) groups is 1. The molecule has 3 heterocycles. The second-order valence-electron chi connectivity index (χ2n) is 8.21. The average Bonchev–Trinajstić information content (AvgIpc) is 3.32. The van der Waals surface area contributed by atoms with Gasteiger partial charge in [-0.05, 0) is 51.0 Å². The number of H-pyrrole nitrogens is 1. The van der Waals surface area contributed by atoms with Crippen molar-refractivity contribution in [3.63, 3.8) is 0 Å². The highest BCUT2D eigenvalue weighted by atomic mass is 32.1. The van der Waals surface area contributed by atoms with Crippen LogP contribution >= 0.6 is 11.3 Å². The minimum atomic E-state index is -4.47. The molecule has 7 nitrogen and oxygen atoms in total. The van der Waals surface area contributed by atoms with Crippen LogP contribution in [-0.2, 0) is 12.8 Å². The van der Waals surface area contributed by atoms with E-state index in [-0.39, 0.29) is 18.0 Å². The Morgan fingerprint density at radius 1 is 1.28 bits per heavy atom. The number of pyridine rings is 1. The second kappa shape index (κ2) is 9.00. The molecule has 0 aliphatic carbocycles. The van der Waals surface area contributed by atoms with Gasteiger partial charge in [0.25, 0.3) is 5.91 Å². The average molecular weight is 468 g/mol. The van der Waals surface area contributed by atoms with E-state index in [4.69, 9.17) is 5.73 Å². The standard InChI is InChI=1S/C21H24F3N5O2S/c1-11-6-15(14-5-4-12(8-26-14)21(22,23)24)28-17(11)18(31)29-16(7-20(2,3)25)19-27-9-13(10-30)32-19/h4-6,8-9,16,28,30H,7,10,25H2,1-3H3,(H,29,31). The first-order chi connectivity index (χ1) is 14.9. The normalized spacial score (nSPS) is 13.2. The minimum Gasteiger partial charge on any atom is -0.391 e. The van der Waals surface area contributed by atoms with Crippen LogP contribution in [0.15, 0.2) is 30.6 Å². The summed E-state index contributed by atoms with van der Waals surface area (Å²) in [5, 5.41) is 12.9. The summed E-state index contributed by atoms with van der Waals surface area (Å²) in [5.74, 6) is -0.407. The molecule has 0 aromatic carbocycles. The predicted molar refractivity (Wildman–Crippen MR) is 115 cm³/mol. The number of amides is 1. The smallest absolute Gasteiger partial charge is 0.391 e. The van der Waals surface area contributed by atoms with Crippen LogP contribution in [0, 0.1) is 6.92 Å². The Bertz CT molecular complexity index is 1080. The van der Waals surface area contributed by atoms with E-state index in [9.17, 15) is 23.1 Å². The molecule has 0 spiro atoms. The largest absolute Gasteiger partial charge is 0.417 e. The van der Waals surface area contributed by atoms with Gasteiger partial charge in [-0.25, -0.2) is 4.98 Å². The van der Waals surface area contributed by atoms with Gasteiger partial charge in [-0.1, -0.05) is 0 Å². The highest BCUT2D eigenvalue weighted by molar-refractivity contribution is 7.11. The van der Waals surface area contributed by atoms with Gasteiger partial charge in [0.15, 0.2) is 0 Å². The number of rotatable bonds is 7. The number of aliphatic hydroxyl groups excluding tert-OH is 1. The number of thiazole rings is 1. The molecule has 11 heteroatoms. The molecule has 1 unspecified atom stereocenters. The number of aliphatic hydroxyl groups is 1. The number of aryl methyl sites for hydroxylation is 1. The van der Waals surface area contributed by atoms with Gasteiger partial charge in [-0.15, -0.1) is 11.3 Å². The maximum Gasteiger partial charge on any atom is 0.417 e. The Morgan fingerprint density at radius 3 is 2.53 bits per heavy atom. The lowest BCUT2D eigenvalue weighted by Gasteiger charge is -2.25. The lowest BCUT2D eigenvalue weighted by molar-refractivity contribution is -0.137. The molecule has 0 saturated carbocycles. The quantitative estimate of drug-likeness (QED) is 0.420. The van der Waals surface area contributed by atoms with E-state index >= 15 is 0 Å². The Balaban J connectivity index is 1.84. The van der Waals surface area contributed by atoms with Crippen LogP contribution < -0.4 is 11.1 Å². The van der Waals surface area contributed by atoms with Crippen LogP contribution in [-0.4, -0.2) is 31.5 Å². The number of alkyl halides is 3. The van der Waals surface area contributed by atoms with Gasteiger partial charge in [0.2, 0.25) is 0 Å². The number of hydrogen-bond donors (Lipinski definition) is 4. The van der Waals surface area contributed by atoms with Crippen molar-refractivity contribution in [1.82, 2.24) is 20.3 Å². The highest BCUT2D eigenvalue weighted by Gasteiger charge is 2.31. The monoisotopic (exact) mass is 467 g/mol. The molecule has 0 fully saturated rings. The van der Waals surface area contributed by atoms with Gasteiger partial charge in [-0.2, -0.15) is 13.2 Å². The van der Waals surface area contributed by atoms with E-state index < -0.39 is 29.2 Å². The Hall–Kier alpha value is -2.76. The Labute approximate surface area is 186 Å². The van der Waals surface area contributed by atoms with E-state index in [1.807, 2.05) is 13.8 Å². The molecule has 1 atom stereocenters. The summed E-state index contributed by atoms with van der Waals surface area (Å²) in [5.41, 5.74) is 6.30. The van der Waals surface area contributed by atoms with Crippen molar-refractivity contribution in [3.8, 4) is 11.4 Å². The molecule has 3 aromatic rings. The minimum absolute atomic E-state index is 0.149. The fourth-order valence-corrected chi connectivity index (χ4v) is 3.99. The van der Waals surface area contributed by atoms with Crippen LogP contribution in [0.25, 0.3) is 11.4 Å². The lowest BCUT2D eigenvalue weighted by atomic mass is 9.96. The maximum absolute atomic E-state index is 13.0. The molecule has 0 bridgehead atoms. The molecule has 0 radical (unpaired) electrons. The van der Waals surface area contributed by atoms with Gasteiger partial charge >= 0.3 is 6.18 Å². The van der Waals surface area contributed by atoms with Crippen LogP contribution in [0.1, 0.15) is 57.8 Å². The number of nitrogens with zero attached hydrogens (tertiary/aromatic N) is 2. The molecular weight excluding hydrogens is 443 g/mol. The van der Waals surface area contributed by atoms with Crippen LogP contribution in [0.2, 0.25) is 0 Å². The Morgan fingerprint density at radius 2 is 2.00 bits per heavy atom. The van der Waals surface area contributed by atoms with Crippen molar-refractivity contribution < 1.29 is 23.1 Å². The van der Waals surface area contributed by atoms with E-state index in [0.29, 0.717) is 27.6 Å². The first-order valence-corrected chi connectivity index (χ1v) is 10.6. The number of carbonyl (C=O) groups excluding carboxylic acids is 1. The molecule has 5 N–H and O–H groups in total. The van der Waals surface area contributed by atoms with Gasteiger partial charge in [0, 0.05) is 17.9 Å². The number of hydrogen-bond acceptors (Lipinski definition) is 6. The maximum atomic E-state index is 13.0. The SMILES string of the molecule is Cc1cc(-c2ccc(C(F)(F)F)cn2)[nH]c1C(=O)NC(CC(C)(C)N)c1ncc(CO)s1. The summed E-state index contributed by atoms with van der Waals surface area (Å²) < 4.78 is 38.3. The van der Waals surface area contributed by atoms with Crippen molar-refractivity contribution in [1.29, 1.82) is 0 Å². The van der Waals surface area contributed by atoms with Crippen molar-refractivity contribution in [2.75, 3.05) is 0 Å². The predicted octanol–water partition coefficient (Wildman–Crippen LogP) is 3.95. The van der Waals surface area contributed by atoms with Crippen molar-refractivity contribution in [3.05, 3.63) is 57.3 Å². The van der Waals surface area contributed by atoms with Crippen LogP contribution in [0.3, 0.4) is 0 Å². The molecule has 1 amide bonds. The van der Waals surface area contributed by atoms with E-state index in [1.54, 1.807) is 19.2 Å². The fraction of sp³-hybridized carbons (Fsp3) is 0.381. The topological polar surface area (TPSA) is 117 Å². The molecule has 3 aromatic heterocycles. The number of aromatic amines is 1. The Kier molecular flexibility index (Phi) is 6.72. The third kappa shape index (κ3) is 5.72. The molecular formula is C21H24F3N5O2S. The molecule has 0 saturated heterocycles. The van der Waals surface area contributed by atoms with E-state index in [0.717, 1.165) is 12.3 Å². The fourth-order valence-electron chi connectivity index (χ4n) is 3.17. The number of aromatic nitrogens is 3. The van der Waals surface area contributed by atoms with E-state index in [2.05, 4.69) is 20.3 Å². The number of nitrogens with two attached hydrogens (primary N) is 1. The third-order valence-corrected chi connectivity index (χ3v) is 5.77. The summed E-state index contributed by atoms with van der Waals surface area (Å²) >= 11 is 1.28. The zero-order chi connectivity index (χ0) is 23.7. The van der Waals surface area contributed by atoms with Gasteiger partial charge in [0.05, 0.1) is 34.5 Å². The molecule has 0 aliphatic heterocycles. The first kappa shape index (κ1) is 23.9. The van der Waals surface area contributed by atoms with Crippen molar-refractivity contribution in [2.24, 2.45) is 5.73 Å². The van der Waals surface area contributed by atoms with Gasteiger partial charge < -0.3 is 21.1 Å². The molecule has 3 rings (SSSR count). The second-order valence-corrected chi connectivity index (χ2v) is 9.36. The van der Waals surface area contributed by atoms with E-state index in [1.165, 1.54) is 17.4 Å². The van der Waals surface area contributed by atoms with Gasteiger partial charge in [-0.3, -0.25) is 9.78 Å². The lowest BCUT2D eigenvalue weighted by Crippen LogP contribution is -2.39. The summed E-state index contributed by atoms with van der Waals surface area (Å²) in [7, 11) is 0. The first-order valence-electron chi connectivity index (χ1n) is 9.76. The zero-order valence-electron chi connectivity index (χ0n) is 17.7. The molecule has 172 valence electrons. The zero-order valence-corrected chi connectivity index (χ0v) is 18.6. The van der Waals surface area contributed by atoms with Crippen molar-refractivity contribution >= 4 is 17.2 Å². The number of halogens is 3. The summed E-state index contributed by atoms with van der Waals surface area (Å²) in [4.78, 5) is 24.8. The van der Waals surface area contributed by atoms with Crippen LogP contribution in [0.5, 0.6) is 0 Å². The van der Waals surface area contributed by atoms with Crippen LogP contribution in [0.4, 0.5) is 13.2 Å². The van der Waals surface area contributed by atoms with Gasteiger partial charge in [0.1, 0.15) is 10.7 Å². The third-order valence-electron chi connectivity index (χ3n) is 4.67. The molecule has 0 aliphatic rings. The molecule has 32 heavy (non-hydrogen) atoms. The highest BCUT2D eigenvalue weighted by Crippen LogP contribution is 2.30. The summed E-state index contributed by atoms with van der Waals surface area (Å²) in [6.07, 6.45) is -1.76. The number of nitrogens with one attached hydrogen (secondary N) is 2. The van der Waals surface area contributed by atoms with Crippen molar-refractivity contribution in [2.45, 2.75) is 51.6 Å². The summed E-state index contributed by atoms with van der Waals surface area (Å²) in [6, 6.07) is 3.36.